The van der Waals surface area contributed by atoms with Gasteiger partial charge in [-0.05, 0) is 61.6 Å². The lowest BCUT2D eigenvalue weighted by atomic mass is 9.97. The highest BCUT2D eigenvalue weighted by Crippen LogP contribution is 2.18. The van der Waals surface area contributed by atoms with Crippen molar-refractivity contribution in [2.75, 3.05) is 25.1 Å². The summed E-state index contributed by atoms with van der Waals surface area (Å²) in [6.07, 6.45) is 2.39. The van der Waals surface area contributed by atoms with Gasteiger partial charge in [0.15, 0.2) is 0 Å². The molecule has 1 nitrogen and oxygen atoms in total. The highest BCUT2D eigenvalue weighted by molar-refractivity contribution is 7.99. The van der Waals surface area contributed by atoms with Crippen LogP contribution in [0.3, 0.4) is 0 Å². The Bertz CT molecular complexity index is 317. The lowest BCUT2D eigenvalue weighted by molar-refractivity contribution is 0.484. The maximum atomic E-state index is 6.01. The standard InChI is InChI=1S/C14H22ClNS/c1-3-17-8-7-13(11-16-2)9-12-5-4-6-14(15)10-12/h4-6,10,13,16H,3,7-9,11H2,1-2H3. The van der Waals surface area contributed by atoms with Gasteiger partial charge in [-0.2, -0.15) is 11.8 Å². The Morgan fingerprint density at radius 3 is 2.88 bits per heavy atom. The Labute approximate surface area is 114 Å². The van der Waals surface area contributed by atoms with Crippen LogP contribution in [-0.2, 0) is 6.42 Å². The van der Waals surface area contributed by atoms with E-state index in [1.165, 1.54) is 23.5 Å². The van der Waals surface area contributed by atoms with E-state index in [4.69, 9.17) is 11.6 Å². The van der Waals surface area contributed by atoms with Crippen molar-refractivity contribution >= 4 is 23.4 Å². The molecule has 0 spiro atoms. The molecule has 0 amide bonds. The maximum Gasteiger partial charge on any atom is 0.0408 e. The van der Waals surface area contributed by atoms with Crippen LogP contribution in [-0.4, -0.2) is 25.1 Å². The normalized spacial score (nSPS) is 12.6. The number of thioether (sulfide) groups is 1. The second kappa shape index (κ2) is 8.84. The molecular formula is C14H22ClNS. The first-order valence-corrected chi connectivity index (χ1v) is 7.76. The van der Waals surface area contributed by atoms with Crippen LogP contribution < -0.4 is 5.32 Å². The van der Waals surface area contributed by atoms with Crippen LogP contribution in [0.25, 0.3) is 0 Å². The fourth-order valence-corrected chi connectivity index (χ4v) is 2.96. The molecule has 0 saturated heterocycles. The number of hydrogen-bond acceptors (Lipinski definition) is 2. The van der Waals surface area contributed by atoms with Crippen molar-refractivity contribution in [3.05, 3.63) is 34.9 Å². The van der Waals surface area contributed by atoms with Crippen molar-refractivity contribution in [2.45, 2.75) is 19.8 Å². The first-order valence-electron chi connectivity index (χ1n) is 6.23. The van der Waals surface area contributed by atoms with Crippen LogP contribution in [0.4, 0.5) is 0 Å². The van der Waals surface area contributed by atoms with Gasteiger partial charge >= 0.3 is 0 Å². The minimum Gasteiger partial charge on any atom is -0.319 e. The van der Waals surface area contributed by atoms with Gasteiger partial charge in [-0.3, -0.25) is 0 Å². The minimum atomic E-state index is 0.706. The minimum absolute atomic E-state index is 0.706. The molecule has 1 aromatic rings. The van der Waals surface area contributed by atoms with Crippen molar-refractivity contribution in [3.63, 3.8) is 0 Å². The molecule has 3 heteroatoms. The summed E-state index contributed by atoms with van der Waals surface area (Å²) in [7, 11) is 2.03. The number of hydrogen-bond donors (Lipinski definition) is 1. The molecule has 1 unspecified atom stereocenters. The van der Waals surface area contributed by atoms with Crippen molar-refractivity contribution in [1.82, 2.24) is 5.32 Å². The largest absolute Gasteiger partial charge is 0.319 e. The van der Waals surface area contributed by atoms with E-state index >= 15 is 0 Å². The summed E-state index contributed by atoms with van der Waals surface area (Å²) >= 11 is 8.03. The van der Waals surface area contributed by atoms with Crippen LogP contribution in [0.1, 0.15) is 18.9 Å². The zero-order valence-corrected chi connectivity index (χ0v) is 12.3. The first kappa shape index (κ1) is 14.9. The van der Waals surface area contributed by atoms with E-state index in [9.17, 15) is 0 Å². The molecule has 0 aliphatic heterocycles. The maximum absolute atomic E-state index is 6.01. The second-order valence-electron chi connectivity index (χ2n) is 4.24. The quantitative estimate of drug-likeness (QED) is 0.721. The lowest BCUT2D eigenvalue weighted by Gasteiger charge is -2.16. The molecule has 17 heavy (non-hydrogen) atoms. The lowest BCUT2D eigenvalue weighted by Crippen LogP contribution is -2.21. The molecule has 1 N–H and O–H groups in total. The summed E-state index contributed by atoms with van der Waals surface area (Å²) < 4.78 is 0. The summed E-state index contributed by atoms with van der Waals surface area (Å²) in [5.41, 5.74) is 1.35. The summed E-state index contributed by atoms with van der Waals surface area (Å²) in [5, 5.41) is 4.13. The van der Waals surface area contributed by atoms with E-state index in [0.717, 1.165) is 18.0 Å². The van der Waals surface area contributed by atoms with Gasteiger partial charge in [0, 0.05) is 5.02 Å². The molecule has 0 heterocycles. The summed E-state index contributed by atoms with van der Waals surface area (Å²) in [6.45, 7) is 3.30. The highest BCUT2D eigenvalue weighted by Gasteiger charge is 2.09. The fraction of sp³-hybridized carbons (Fsp3) is 0.571. The van der Waals surface area contributed by atoms with Crippen LogP contribution in [0, 0.1) is 5.92 Å². The van der Waals surface area contributed by atoms with E-state index < -0.39 is 0 Å². The Kier molecular flexibility index (Phi) is 7.74. The van der Waals surface area contributed by atoms with Crippen molar-refractivity contribution in [1.29, 1.82) is 0 Å². The molecule has 0 aliphatic rings. The molecule has 0 aromatic heterocycles. The van der Waals surface area contributed by atoms with Gasteiger partial charge in [-0.1, -0.05) is 30.7 Å². The van der Waals surface area contributed by atoms with Gasteiger partial charge in [0.25, 0.3) is 0 Å². The third-order valence-corrected chi connectivity index (χ3v) is 3.95. The fourth-order valence-electron chi connectivity index (χ4n) is 1.96. The average molecular weight is 272 g/mol. The zero-order chi connectivity index (χ0) is 12.5. The van der Waals surface area contributed by atoms with Gasteiger partial charge in [-0.15, -0.1) is 0 Å². The van der Waals surface area contributed by atoms with Gasteiger partial charge < -0.3 is 5.32 Å². The topological polar surface area (TPSA) is 12.0 Å². The predicted octanol–water partition coefficient (Wildman–Crippen LogP) is 3.86. The predicted molar refractivity (Wildman–Crippen MR) is 80.2 cm³/mol. The number of halogens is 1. The first-order chi connectivity index (χ1) is 8.26. The molecule has 0 saturated carbocycles. The van der Waals surface area contributed by atoms with Gasteiger partial charge in [0.2, 0.25) is 0 Å². The highest BCUT2D eigenvalue weighted by atomic mass is 35.5. The molecule has 0 fully saturated rings. The van der Waals surface area contributed by atoms with Gasteiger partial charge in [0.05, 0.1) is 0 Å². The van der Waals surface area contributed by atoms with E-state index in [1.54, 1.807) is 0 Å². The number of benzene rings is 1. The molecule has 1 rings (SSSR count). The summed E-state index contributed by atoms with van der Waals surface area (Å²) in [5.74, 6) is 3.17. The van der Waals surface area contributed by atoms with Crippen molar-refractivity contribution in [3.8, 4) is 0 Å². The molecule has 0 radical (unpaired) electrons. The third kappa shape index (κ3) is 6.35. The Morgan fingerprint density at radius 2 is 2.24 bits per heavy atom. The SMILES string of the molecule is CCSCCC(CNC)Cc1cccc(Cl)c1. The molecule has 0 bridgehead atoms. The van der Waals surface area contributed by atoms with Gasteiger partial charge in [-0.25, -0.2) is 0 Å². The van der Waals surface area contributed by atoms with E-state index in [1.807, 2.05) is 30.9 Å². The van der Waals surface area contributed by atoms with Crippen LogP contribution >= 0.6 is 23.4 Å². The summed E-state index contributed by atoms with van der Waals surface area (Å²) in [6, 6.07) is 8.22. The number of rotatable bonds is 8. The summed E-state index contributed by atoms with van der Waals surface area (Å²) in [4.78, 5) is 0. The Morgan fingerprint density at radius 1 is 1.41 bits per heavy atom. The van der Waals surface area contributed by atoms with Crippen LogP contribution in [0.2, 0.25) is 5.02 Å². The van der Waals surface area contributed by atoms with Crippen molar-refractivity contribution in [2.24, 2.45) is 5.92 Å². The van der Waals surface area contributed by atoms with E-state index in [2.05, 4.69) is 24.4 Å². The van der Waals surface area contributed by atoms with Crippen molar-refractivity contribution < 1.29 is 0 Å². The molecule has 0 aliphatic carbocycles. The molecule has 96 valence electrons. The monoisotopic (exact) mass is 271 g/mol. The van der Waals surface area contributed by atoms with Gasteiger partial charge in [0.1, 0.15) is 0 Å². The molecule has 1 aromatic carbocycles. The third-order valence-electron chi connectivity index (χ3n) is 2.78. The second-order valence-corrected chi connectivity index (χ2v) is 6.07. The average Bonchev–Trinajstić information content (AvgIpc) is 2.29. The van der Waals surface area contributed by atoms with E-state index in [-0.39, 0.29) is 0 Å². The Hall–Kier alpha value is -0.180. The Balaban J connectivity index is 2.47. The van der Waals surface area contributed by atoms with Crippen LogP contribution in [0.15, 0.2) is 24.3 Å². The van der Waals surface area contributed by atoms with Crippen LogP contribution in [0.5, 0.6) is 0 Å². The van der Waals surface area contributed by atoms with E-state index in [0.29, 0.717) is 5.92 Å². The molecule has 1 atom stereocenters. The smallest absolute Gasteiger partial charge is 0.0408 e. The zero-order valence-electron chi connectivity index (χ0n) is 10.7. The number of nitrogens with one attached hydrogen (secondary N) is 1. The molecular weight excluding hydrogens is 250 g/mol.